The standard InChI is InChI=1S/C21H24N4O3S2/c1-3-25(4-2)21-24-20-17(30-21)12-16(29-20)19(27)23-14-9-7-13(8-10-14)22-18(26)15-6-5-11-28-15/h7-10,12,15H,3-6,11H2,1-2H3,(H,22,26)(H,23,27). The van der Waals surface area contributed by atoms with Crippen molar-refractivity contribution < 1.29 is 14.3 Å². The van der Waals surface area contributed by atoms with Gasteiger partial charge in [0, 0.05) is 31.1 Å². The van der Waals surface area contributed by atoms with Gasteiger partial charge in [-0.25, -0.2) is 4.98 Å². The van der Waals surface area contributed by atoms with Gasteiger partial charge in [0.05, 0.1) is 9.58 Å². The molecule has 1 saturated heterocycles. The Bertz CT molecular complexity index is 1000. The first kappa shape index (κ1) is 20.8. The second-order valence-electron chi connectivity index (χ2n) is 6.97. The number of anilines is 3. The molecule has 0 spiro atoms. The number of fused-ring (bicyclic) bond motifs is 1. The van der Waals surface area contributed by atoms with E-state index in [2.05, 4.69) is 34.4 Å². The van der Waals surface area contributed by atoms with E-state index in [1.165, 1.54) is 11.3 Å². The van der Waals surface area contributed by atoms with E-state index < -0.39 is 0 Å². The molecule has 3 heterocycles. The minimum Gasteiger partial charge on any atom is -0.368 e. The topological polar surface area (TPSA) is 83.6 Å². The van der Waals surface area contributed by atoms with Crippen molar-refractivity contribution in [1.82, 2.24) is 4.98 Å². The van der Waals surface area contributed by atoms with Gasteiger partial charge in [0.2, 0.25) is 0 Å². The van der Waals surface area contributed by atoms with Crippen molar-refractivity contribution >= 4 is 60.5 Å². The van der Waals surface area contributed by atoms with Gasteiger partial charge in [0.1, 0.15) is 10.9 Å². The summed E-state index contributed by atoms with van der Waals surface area (Å²) < 4.78 is 6.42. The molecular weight excluding hydrogens is 420 g/mol. The van der Waals surface area contributed by atoms with Crippen LogP contribution in [0, 0.1) is 0 Å². The Morgan fingerprint density at radius 3 is 2.43 bits per heavy atom. The van der Waals surface area contributed by atoms with Crippen molar-refractivity contribution in [3.63, 3.8) is 0 Å². The molecule has 0 saturated carbocycles. The fourth-order valence-electron chi connectivity index (χ4n) is 3.30. The Hall–Kier alpha value is -2.49. The number of thiazole rings is 1. The third-order valence-corrected chi connectivity index (χ3v) is 7.19. The molecule has 1 unspecified atom stereocenters. The fraction of sp³-hybridized carbons (Fsp3) is 0.381. The highest BCUT2D eigenvalue weighted by Crippen LogP contribution is 2.35. The van der Waals surface area contributed by atoms with Crippen LogP contribution in [0.2, 0.25) is 0 Å². The summed E-state index contributed by atoms with van der Waals surface area (Å²) in [6.45, 7) is 6.67. The van der Waals surface area contributed by atoms with Gasteiger partial charge < -0.3 is 20.3 Å². The predicted molar refractivity (Wildman–Crippen MR) is 123 cm³/mol. The highest BCUT2D eigenvalue weighted by molar-refractivity contribution is 7.29. The third kappa shape index (κ3) is 4.48. The largest absolute Gasteiger partial charge is 0.368 e. The van der Waals surface area contributed by atoms with Crippen molar-refractivity contribution in [3.8, 4) is 0 Å². The molecular formula is C21H24N4O3S2. The molecule has 4 rings (SSSR count). The molecule has 9 heteroatoms. The Kier molecular flexibility index (Phi) is 6.31. The molecule has 2 amide bonds. The second-order valence-corrected chi connectivity index (χ2v) is 9.01. The van der Waals surface area contributed by atoms with Crippen LogP contribution in [0.5, 0.6) is 0 Å². The summed E-state index contributed by atoms with van der Waals surface area (Å²) >= 11 is 3.01. The summed E-state index contributed by atoms with van der Waals surface area (Å²) in [5.41, 5.74) is 1.35. The zero-order chi connectivity index (χ0) is 21.1. The summed E-state index contributed by atoms with van der Waals surface area (Å²) in [5, 5.41) is 6.75. The molecule has 0 radical (unpaired) electrons. The highest BCUT2D eigenvalue weighted by Gasteiger charge is 2.23. The molecule has 158 valence electrons. The van der Waals surface area contributed by atoms with E-state index in [0.29, 0.717) is 22.9 Å². The molecule has 2 aromatic heterocycles. The van der Waals surface area contributed by atoms with Crippen LogP contribution in [0.25, 0.3) is 9.53 Å². The van der Waals surface area contributed by atoms with E-state index >= 15 is 0 Å². The molecule has 1 atom stereocenters. The third-order valence-electron chi connectivity index (χ3n) is 4.97. The van der Waals surface area contributed by atoms with Crippen LogP contribution in [0.1, 0.15) is 36.4 Å². The zero-order valence-corrected chi connectivity index (χ0v) is 18.6. The lowest BCUT2D eigenvalue weighted by Crippen LogP contribution is -2.26. The number of carbonyl (C=O) groups excluding carboxylic acids is 2. The quantitative estimate of drug-likeness (QED) is 0.558. The number of nitrogens with zero attached hydrogens (tertiary/aromatic N) is 2. The molecule has 0 aliphatic carbocycles. The first-order valence-electron chi connectivity index (χ1n) is 10.1. The second kappa shape index (κ2) is 9.11. The van der Waals surface area contributed by atoms with Gasteiger partial charge >= 0.3 is 0 Å². The number of hydrogen-bond donors (Lipinski definition) is 2. The van der Waals surface area contributed by atoms with E-state index in [1.54, 1.807) is 35.6 Å². The molecule has 1 aliphatic heterocycles. The van der Waals surface area contributed by atoms with Gasteiger partial charge in [0.25, 0.3) is 11.8 Å². The van der Waals surface area contributed by atoms with E-state index in [9.17, 15) is 9.59 Å². The number of ether oxygens (including phenoxy) is 1. The molecule has 1 aliphatic rings. The van der Waals surface area contributed by atoms with Gasteiger partial charge in [-0.3, -0.25) is 9.59 Å². The lowest BCUT2D eigenvalue weighted by atomic mass is 10.2. The van der Waals surface area contributed by atoms with Gasteiger partial charge in [-0.1, -0.05) is 11.3 Å². The van der Waals surface area contributed by atoms with E-state index in [-0.39, 0.29) is 17.9 Å². The van der Waals surface area contributed by atoms with E-state index in [0.717, 1.165) is 40.6 Å². The van der Waals surface area contributed by atoms with Crippen LogP contribution >= 0.6 is 22.7 Å². The number of carbonyl (C=O) groups is 2. The van der Waals surface area contributed by atoms with E-state index in [1.807, 2.05) is 6.07 Å². The Labute approximate surface area is 183 Å². The maximum Gasteiger partial charge on any atom is 0.265 e. The molecule has 2 N–H and O–H groups in total. The number of aromatic nitrogens is 1. The van der Waals surface area contributed by atoms with Gasteiger partial charge in [-0.15, -0.1) is 11.3 Å². The average Bonchev–Trinajstić information content (AvgIpc) is 3.47. The lowest BCUT2D eigenvalue weighted by Gasteiger charge is -2.16. The van der Waals surface area contributed by atoms with Gasteiger partial charge in [-0.05, 0) is 57.0 Å². The smallest absolute Gasteiger partial charge is 0.265 e. The van der Waals surface area contributed by atoms with Crippen LogP contribution in [0.15, 0.2) is 30.3 Å². The van der Waals surface area contributed by atoms with Crippen molar-refractivity contribution in [2.75, 3.05) is 35.2 Å². The fourth-order valence-corrected chi connectivity index (χ4v) is 5.54. The minimum atomic E-state index is -0.368. The number of thiophene rings is 1. The average molecular weight is 445 g/mol. The molecule has 1 aromatic carbocycles. The molecule has 3 aromatic rings. The summed E-state index contributed by atoms with van der Waals surface area (Å²) in [6, 6.07) is 8.99. The highest BCUT2D eigenvalue weighted by atomic mass is 32.1. The Balaban J connectivity index is 1.38. The lowest BCUT2D eigenvalue weighted by molar-refractivity contribution is -0.124. The van der Waals surface area contributed by atoms with Crippen LogP contribution in [0.3, 0.4) is 0 Å². The first-order chi connectivity index (χ1) is 14.6. The number of amides is 2. The zero-order valence-electron chi connectivity index (χ0n) is 16.9. The number of rotatable bonds is 7. The summed E-state index contributed by atoms with van der Waals surface area (Å²) in [6.07, 6.45) is 1.30. The minimum absolute atomic E-state index is 0.125. The van der Waals surface area contributed by atoms with Gasteiger partial charge in [-0.2, -0.15) is 0 Å². The van der Waals surface area contributed by atoms with Crippen molar-refractivity contribution in [3.05, 3.63) is 35.2 Å². The van der Waals surface area contributed by atoms with Crippen LogP contribution in [-0.4, -0.2) is 42.6 Å². The van der Waals surface area contributed by atoms with Crippen LogP contribution < -0.4 is 15.5 Å². The summed E-state index contributed by atoms with van der Waals surface area (Å²) in [4.78, 5) is 33.1. The molecule has 30 heavy (non-hydrogen) atoms. The Morgan fingerprint density at radius 1 is 1.13 bits per heavy atom. The van der Waals surface area contributed by atoms with Crippen LogP contribution in [-0.2, 0) is 9.53 Å². The van der Waals surface area contributed by atoms with Gasteiger partial charge in [0.15, 0.2) is 5.13 Å². The normalized spacial score (nSPS) is 16.0. The maximum absolute atomic E-state index is 12.6. The van der Waals surface area contributed by atoms with Crippen molar-refractivity contribution in [1.29, 1.82) is 0 Å². The monoisotopic (exact) mass is 444 g/mol. The molecule has 1 fully saturated rings. The molecule has 0 bridgehead atoms. The first-order valence-corrected chi connectivity index (χ1v) is 11.7. The Morgan fingerprint density at radius 2 is 1.83 bits per heavy atom. The number of benzene rings is 1. The number of hydrogen-bond acceptors (Lipinski definition) is 7. The molecule has 7 nitrogen and oxygen atoms in total. The van der Waals surface area contributed by atoms with E-state index in [4.69, 9.17) is 4.74 Å². The SMILES string of the molecule is CCN(CC)c1nc2sc(C(=O)Nc3ccc(NC(=O)C4CCCO4)cc3)cc2s1. The summed E-state index contributed by atoms with van der Waals surface area (Å²) in [7, 11) is 0. The van der Waals surface area contributed by atoms with Crippen molar-refractivity contribution in [2.24, 2.45) is 0 Å². The predicted octanol–water partition coefficient (Wildman–Crippen LogP) is 4.57. The van der Waals surface area contributed by atoms with Crippen molar-refractivity contribution in [2.45, 2.75) is 32.8 Å². The maximum atomic E-state index is 12.6. The van der Waals surface area contributed by atoms with Crippen LogP contribution in [0.4, 0.5) is 16.5 Å². The summed E-state index contributed by atoms with van der Waals surface area (Å²) in [5.74, 6) is -0.287. The number of nitrogens with one attached hydrogen (secondary N) is 2.